The third kappa shape index (κ3) is 3.95. The van der Waals surface area contributed by atoms with Crippen LogP contribution in [0.2, 0.25) is 0 Å². The summed E-state index contributed by atoms with van der Waals surface area (Å²) in [6.45, 7) is 2.00. The number of benzene rings is 2. The summed E-state index contributed by atoms with van der Waals surface area (Å²) in [5, 5.41) is 12.1. The highest BCUT2D eigenvalue weighted by Crippen LogP contribution is 2.17. The van der Waals surface area contributed by atoms with Crippen LogP contribution in [-0.4, -0.2) is 17.0 Å². The minimum atomic E-state index is -1.02. The molecule has 0 fully saturated rings. The average Bonchev–Trinajstić information content (AvgIpc) is 2.53. The van der Waals surface area contributed by atoms with Crippen LogP contribution in [0.3, 0.4) is 0 Å². The molecule has 2 N–H and O–H groups in total. The molecule has 1 unspecified atom stereocenters. The van der Waals surface area contributed by atoms with Gasteiger partial charge < -0.3 is 10.4 Å². The van der Waals surface area contributed by atoms with Crippen LogP contribution in [-0.2, 0) is 11.2 Å². The minimum Gasteiger partial charge on any atom is -0.478 e. The van der Waals surface area contributed by atoms with Gasteiger partial charge >= 0.3 is 5.97 Å². The Morgan fingerprint density at radius 1 is 1.05 bits per heavy atom. The van der Waals surface area contributed by atoms with E-state index in [-0.39, 0.29) is 23.9 Å². The van der Waals surface area contributed by atoms with Gasteiger partial charge in [0.25, 0.3) is 0 Å². The molecule has 2 aromatic rings. The highest BCUT2D eigenvalue weighted by Gasteiger charge is 2.16. The number of nitrogens with one attached hydrogen (secondary N) is 1. The van der Waals surface area contributed by atoms with Crippen LogP contribution in [0.5, 0.6) is 0 Å². The first-order chi connectivity index (χ1) is 10.6. The van der Waals surface area contributed by atoms with Crippen molar-refractivity contribution in [2.24, 2.45) is 0 Å². The Bertz CT molecular complexity index is 652. The molecule has 0 bridgehead atoms. The molecule has 0 aromatic heterocycles. The molecule has 0 heterocycles. The van der Waals surface area contributed by atoms with Crippen LogP contribution in [0, 0.1) is 0 Å². The molecule has 1 atom stereocenters. The minimum absolute atomic E-state index is 0.0613. The molecule has 0 saturated heterocycles. The third-order valence-electron chi connectivity index (χ3n) is 3.54. The summed E-state index contributed by atoms with van der Waals surface area (Å²) in [6, 6.07) is 16.3. The molecule has 0 aliphatic heterocycles. The number of rotatable bonds is 6. The van der Waals surface area contributed by atoms with E-state index in [1.807, 2.05) is 37.3 Å². The van der Waals surface area contributed by atoms with E-state index >= 15 is 0 Å². The van der Waals surface area contributed by atoms with E-state index in [1.165, 1.54) is 6.07 Å². The molecule has 0 saturated carbocycles. The van der Waals surface area contributed by atoms with Crippen molar-refractivity contribution in [3.8, 4) is 0 Å². The predicted octanol–water partition coefficient (Wildman–Crippen LogP) is 3.19. The second-order valence-corrected chi connectivity index (χ2v) is 5.08. The molecule has 0 aliphatic rings. The van der Waals surface area contributed by atoms with Crippen LogP contribution < -0.4 is 5.32 Å². The summed E-state index contributed by atoms with van der Waals surface area (Å²) in [5.41, 5.74) is 1.74. The quantitative estimate of drug-likeness (QED) is 0.860. The van der Waals surface area contributed by atoms with E-state index in [0.29, 0.717) is 5.56 Å². The molecule has 2 rings (SSSR count). The molecule has 0 spiro atoms. The van der Waals surface area contributed by atoms with Gasteiger partial charge in [0.1, 0.15) is 0 Å². The zero-order chi connectivity index (χ0) is 15.9. The van der Waals surface area contributed by atoms with Crippen LogP contribution >= 0.6 is 0 Å². The van der Waals surface area contributed by atoms with Crippen LogP contribution in [0.4, 0.5) is 0 Å². The second-order valence-electron chi connectivity index (χ2n) is 5.08. The topological polar surface area (TPSA) is 66.4 Å². The number of carbonyl (C=O) groups excluding carboxylic acids is 1. The van der Waals surface area contributed by atoms with Gasteiger partial charge in [-0.25, -0.2) is 4.79 Å². The maximum Gasteiger partial charge on any atom is 0.335 e. The molecule has 0 aliphatic carbocycles. The standard InChI is InChI=1S/C18H19NO3/c1-2-16(13-8-4-3-5-9-13)19-17(20)12-14-10-6-7-11-15(14)18(21)22/h3-11,16H,2,12H2,1H3,(H,19,20)(H,21,22). The highest BCUT2D eigenvalue weighted by atomic mass is 16.4. The Hall–Kier alpha value is -2.62. The number of hydrogen-bond donors (Lipinski definition) is 2. The number of amides is 1. The normalized spacial score (nSPS) is 11.7. The highest BCUT2D eigenvalue weighted by molar-refractivity contribution is 5.91. The summed E-state index contributed by atoms with van der Waals surface area (Å²) in [5.74, 6) is -1.19. The number of carbonyl (C=O) groups is 2. The molecule has 0 radical (unpaired) electrons. The van der Waals surface area contributed by atoms with Gasteiger partial charge in [0.15, 0.2) is 0 Å². The Morgan fingerprint density at radius 3 is 2.32 bits per heavy atom. The lowest BCUT2D eigenvalue weighted by atomic mass is 10.0. The fraction of sp³-hybridized carbons (Fsp3) is 0.222. The fourth-order valence-corrected chi connectivity index (χ4v) is 2.41. The van der Waals surface area contributed by atoms with Crippen molar-refractivity contribution >= 4 is 11.9 Å². The second kappa shape index (κ2) is 7.41. The summed E-state index contributed by atoms with van der Waals surface area (Å²) < 4.78 is 0. The van der Waals surface area contributed by atoms with E-state index in [2.05, 4.69) is 5.32 Å². The summed E-state index contributed by atoms with van der Waals surface area (Å²) >= 11 is 0. The molecular formula is C18H19NO3. The van der Waals surface area contributed by atoms with Gasteiger partial charge in [-0.2, -0.15) is 0 Å². The van der Waals surface area contributed by atoms with Gasteiger partial charge in [-0.05, 0) is 23.6 Å². The van der Waals surface area contributed by atoms with Gasteiger partial charge in [-0.1, -0.05) is 55.5 Å². The van der Waals surface area contributed by atoms with Crippen LogP contribution in [0.15, 0.2) is 54.6 Å². The van der Waals surface area contributed by atoms with Crippen LogP contribution in [0.1, 0.15) is 40.9 Å². The van der Waals surface area contributed by atoms with Crippen molar-refractivity contribution in [1.29, 1.82) is 0 Å². The van der Waals surface area contributed by atoms with Gasteiger partial charge in [-0.3, -0.25) is 4.79 Å². The van der Waals surface area contributed by atoms with Gasteiger partial charge in [0.2, 0.25) is 5.91 Å². The number of aromatic carboxylic acids is 1. The number of carboxylic acid groups (broad SMARTS) is 1. The number of carboxylic acids is 1. The molecule has 2 aromatic carbocycles. The van der Waals surface area contributed by atoms with Gasteiger partial charge in [-0.15, -0.1) is 0 Å². The van der Waals surface area contributed by atoms with Crippen molar-refractivity contribution in [2.45, 2.75) is 25.8 Å². The first kappa shape index (κ1) is 15.8. The first-order valence-corrected chi connectivity index (χ1v) is 7.27. The first-order valence-electron chi connectivity index (χ1n) is 7.27. The van der Waals surface area contributed by atoms with E-state index in [0.717, 1.165) is 12.0 Å². The van der Waals surface area contributed by atoms with E-state index in [4.69, 9.17) is 5.11 Å². The molecule has 4 nitrogen and oxygen atoms in total. The monoisotopic (exact) mass is 297 g/mol. The predicted molar refractivity (Wildman–Crippen MR) is 84.7 cm³/mol. The molecule has 1 amide bonds. The maximum atomic E-state index is 12.2. The van der Waals surface area contributed by atoms with Gasteiger partial charge in [0, 0.05) is 0 Å². The molecule has 4 heteroatoms. The lowest BCUT2D eigenvalue weighted by Crippen LogP contribution is -2.30. The van der Waals surface area contributed by atoms with Crippen molar-refractivity contribution in [3.63, 3.8) is 0 Å². The molecule has 22 heavy (non-hydrogen) atoms. The zero-order valence-corrected chi connectivity index (χ0v) is 12.5. The summed E-state index contributed by atoms with van der Waals surface area (Å²) in [4.78, 5) is 23.4. The average molecular weight is 297 g/mol. The lowest BCUT2D eigenvalue weighted by Gasteiger charge is -2.17. The SMILES string of the molecule is CCC(NC(=O)Cc1ccccc1C(=O)O)c1ccccc1. The third-order valence-corrected chi connectivity index (χ3v) is 3.54. The van der Waals surface area contributed by atoms with Crippen molar-refractivity contribution in [2.75, 3.05) is 0 Å². The van der Waals surface area contributed by atoms with Crippen molar-refractivity contribution in [3.05, 3.63) is 71.3 Å². The lowest BCUT2D eigenvalue weighted by molar-refractivity contribution is -0.121. The largest absolute Gasteiger partial charge is 0.478 e. The fourth-order valence-electron chi connectivity index (χ4n) is 2.41. The summed E-state index contributed by atoms with van der Waals surface area (Å²) in [6.07, 6.45) is 0.835. The molecule has 114 valence electrons. The summed E-state index contributed by atoms with van der Waals surface area (Å²) in [7, 11) is 0. The molecular weight excluding hydrogens is 278 g/mol. The van der Waals surface area contributed by atoms with E-state index in [9.17, 15) is 9.59 Å². The van der Waals surface area contributed by atoms with Gasteiger partial charge in [0.05, 0.1) is 18.0 Å². The Morgan fingerprint density at radius 2 is 1.68 bits per heavy atom. The van der Waals surface area contributed by atoms with E-state index in [1.54, 1.807) is 18.2 Å². The Balaban J connectivity index is 2.08. The smallest absolute Gasteiger partial charge is 0.335 e. The zero-order valence-electron chi connectivity index (χ0n) is 12.5. The number of hydrogen-bond acceptors (Lipinski definition) is 2. The maximum absolute atomic E-state index is 12.2. The van der Waals surface area contributed by atoms with Crippen LogP contribution in [0.25, 0.3) is 0 Å². The van der Waals surface area contributed by atoms with Crippen molar-refractivity contribution in [1.82, 2.24) is 5.32 Å². The Kier molecular flexibility index (Phi) is 5.31. The van der Waals surface area contributed by atoms with E-state index < -0.39 is 5.97 Å². The Labute approximate surface area is 129 Å². The van der Waals surface area contributed by atoms with Crippen molar-refractivity contribution < 1.29 is 14.7 Å².